The SMILES string of the molecule is COC(=O)[C@H](c1ccc2ccccc2c1)[C@@H]1C[C@@H](O)CN1. The molecule has 3 atom stereocenters. The number of benzene rings is 2. The van der Waals surface area contributed by atoms with Crippen molar-refractivity contribution in [3.8, 4) is 0 Å². The van der Waals surface area contributed by atoms with Gasteiger partial charge in [0.2, 0.25) is 0 Å². The van der Waals surface area contributed by atoms with Crippen LogP contribution in [-0.4, -0.2) is 36.9 Å². The normalized spacial score (nSPS) is 23.1. The van der Waals surface area contributed by atoms with E-state index in [1.165, 1.54) is 7.11 Å². The minimum atomic E-state index is -0.400. The number of hydrogen-bond acceptors (Lipinski definition) is 4. The first-order valence-corrected chi connectivity index (χ1v) is 7.17. The maximum Gasteiger partial charge on any atom is 0.314 e. The number of aliphatic hydroxyl groups excluding tert-OH is 1. The van der Waals surface area contributed by atoms with Crippen LogP contribution in [0.3, 0.4) is 0 Å². The second kappa shape index (κ2) is 5.84. The van der Waals surface area contributed by atoms with Crippen molar-refractivity contribution in [3.05, 3.63) is 48.0 Å². The summed E-state index contributed by atoms with van der Waals surface area (Å²) in [6, 6.07) is 14.0. The van der Waals surface area contributed by atoms with E-state index in [0.717, 1.165) is 16.3 Å². The van der Waals surface area contributed by atoms with Gasteiger partial charge in [0.05, 0.1) is 19.1 Å². The van der Waals surface area contributed by atoms with Crippen molar-refractivity contribution in [2.45, 2.75) is 24.5 Å². The Hall–Kier alpha value is -1.91. The van der Waals surface area contributed by atoms with Gasteiger partial charge in [-0.2, -0.15) is 0 Å². The Labute approximate surface area is 123 Å². The summed E-state index contributed by atoms with van der Waals surface area (Å²) in [5, 5.41) is 15.2. The number of β-amino-alcohol motifs (C(OH)–C–C–N with tert-alkyl or cyclic N) is 1. The second-order valence-electron chi connectivity index (χ2n) is 5.51. The average Bonchev–Trinajstić information content (AvgIpc) is 2.93. The second-order valence-corrected chi connectivity index (χ2v) is 5.51. The molecule has 0 amide bonds. The fourth-order valence-corrected chi connectivity index (χ4v) is 3.06. The van der Waals surface area contributed by atoms with Crippen LogP contribution < -0.4 is 5.32 Å². The molecule has 4 nitrogen and oxygen atoms in total. The molecule has 0 saturated carbocycles. The highest BCUT2D eigenvalue weighted by Crippen LogP contribution is 2.29. The van der Waals surface area contributed by atoms with Crippen LogP contribution in [0, 0.1) is 0 Å². The molecule has 110 valence electrons. The van der Waals surface area contributed by atoms with Gasteiger partial charge in [0.15, 0.2) is 0 Å². The predicted octanol–water partition coefficient (Wildman–Crippen LogP) is 1.82. The highest BCUT2D eigenvalue weighted by molar-refractivity contribution is 5.86. The molecule has 4 heteroatoms. The van der Waals surface area contributed by atoms with Gasteiger partial charge in [0, 0.05) is 12.6 Å². The quantitative estimate of drug-likeness (QED) is 0.845. The molecular formula is C17H19NO3. The van der Waals surface area contributed by atoms with Crippen molar-refractivity contribution in [3.63, 3.8) is 0 Å². The number of rotatable bonds is 3. The average molecular weight is 285 g/mol. The van der Waals surface area contributed by atoms with Gasteiger partial charge >= 0.3 is 5.97 Å². The number of fused-ring (bicyclic) bond motifs is 1. The Morgan fingerprint density at radius 3 is 2.71 bits per heavy atom. The lowest BCUT2D eigenvalue weighted by molar-refractivity contribution is -0.143. The first-order chi connectivity index (χ1) is 10.2. The van der Waals surface area contributed by atoms with Gasteiger partial charge in [0.1, 0.15) is 0 Å². The molecule has 2 aromatic rings. The van der Waals surface area contributed by atoms with Crippen molar-refractivity contribution in [1.29, 1.82) is 0 Å². The number of carbonyl (C=O) groups is 1. The van der Waals surface area contributed by atoms with E-state index in [1.807, 2.05) is 42.5 Å². The molecule has 0 radical (unpaired) electrons. The molecule has 1 aliphatic rings. The van der Waals surface area contributed by atoms with Crippen LogP contribution in [0.2, 0.25) is 0 Å². The molecule has 2 aromatic carbocycles. The van der Waals surface area contributed by atoms with Crippen LogP contribution in [0.5, 0.6) is 0 Å². The molecule has 0 spiro atoms. The fraction of sp³-hybridized carbons (Fsp3) is 0.353. The van der Waals surface area contributed by atoms with Crippen molar-refractivity contribution in [1.82, 2.24) is 5.32 Å². The minimum Gasteiger partial charge on any atom is -0.469 e. The zero-order valence-electron chi connectivity index (χ0n) is 12.0. The lowest BCUT2D eigenvalue weighted by Gasteiger charge is -2.22. The zero-order chi connectivity index (χ0) is 14.8. The first kappa shape index (κ1) is 14.0. The summed E-state index contributed by atoms with van der Waals surface area (Å²) in [6.07, 6.45) is 0.162. The van der Waals surface area contributed by atoms with Gasteiger partial charge < -0.3 is 15.2 Å². The summed E-state index contributed by atoms with van der Waals surface area (Å²) in [4.78, 5) is 12.2. The van der Waals surface area contributed by atoms with Crippen LogP contribution in [0.15, 0.2) is 42.5 Å². The molecule has 0 bridgehead atoms. The molecule has 21 heavy (non-hydrogen) atoms. The summed E-state index contributed by atoms with van der Waals surface area (Å²) in [7, 11) is 1.40. The fourth-order valence-electron chi connectivity index (χ4n) is 3.06. The maximum absolute atomic E-state index is 12.2. The standard InChI is InChI=1S/C17H19NO3/c1-21-17(20)16(15-9-14(19)10-18-15)13-7-6-11-4-2-3-5-12(11)8-13/h2-8,14-16,18-19H,9-10H2,1H3/t14-,15+,16-/m1/s1. The summed E-state index contributed by atoms with van der Waals surface area (Å²) < 4.78 is 4.97. The van der Waals surface area contributed by atoms with E-state index in [1.54, 1.807) is 0 Å². The summed E-state index contributed by atoms with van der Waals surface area (Å²) in [5.74, 6) is -0.659. The van der Waals surface area contributed by atoms with Crippen LogP contribution in [0.4, 0.5) is 0 Å². The molecular weight excluding hydrogens is 266 g/mol. The molecule has 1 fully saturated rings. The number of hydrogen-bond donors (Lipinski definition) is 2. The van der Waals surface area contributed by atoms with Crippen LogP contribution >= 0.6 is 0 Å². The molecule has 0 unspecified atom stereocenters. The van der Waals surface area contributed by atoms with Crippen molar-refractivity contribution >= 4 is 16.7 Å². The monoisotopic (exact) mass is 285 g/mol. The van der Waals surface area contributed by atoms with Crippen LogP contribution in [0.25, 0.3) is 10.8 Å². The number of ether oxygens (including phenoxy) is 1. The first-order valence-electron chi connectivity index (χ1n) is 7.17. The van der Waals surface area contributed by atoms with E-state index >= 15 is 0 Å². The molecule has 0 aromatic heterocycles. The van der Waals surface area contributed by atoms with E-state index in [9.17, 15) is 9.90 Å². The maximum atomic E-state index is 12.2. The summed E-state index contributed by atoms with van der Waals surface area (Å²) in [6.45, 7) is 0.520. The van der Waals surface area contributed by atoms with E-state index in [-0.39, 0.29) is 12.0 Å². The Kier molecular flexibility index (Phi) is 3.90. The Balaban J connectivity index is 1.99. The molecule has 3 rings (SSSR count). The number of methoxy groups -OCH3 is 1. The Morgan fingerprint density at radius 2 is 2.05 bits per heavy atom. The lowest BCUT2D eigenvalue weighted by atomic mass is 9.89. The highest BCUT2D eigenvalue weighted by Gasteiger charge is 2.35. The molecule has 1 aliphatic heterocycles. The van der Waals surface area contributed by atoms with Gasteiger partial charge in [-0.3, -0.25) is 4.79 Å². The topological polar surface area (TPSA) is 58.6 Å². The van der Waals surface area contributed by atoms with Gasteiger partial charge in [-0.1, -0.05) is 42.5 Å². The van der Waals surface area contributed by atoms with Gasteiger partial charge in [-0.05, 0) is 22.8 Å². The smallest absolute Gasteiger partial charge is 0.314 e. The van der Waals surface area contributed by atoms with Gasteiger partial charge in [-0.25, -0.2) is 0 Å². The number of esters is 1. The highest BCUT2D eigenvalue weighted by atomic mass is 16.5. The van der Waals surface area contributed by atoms with Crippen molar-refractivity contribution < 1.29 is 14.6 Å². The lowest BCUT2D eigenvalue weighted by Crippen LogP contribution is -2.34. The number of nitrogens with one attached hydrogen (secondary N) is 1. The van der Waals surface area contributed by atoms with E-state index in [4.69, 9.17) is 4.74 Å². The Morgan fingerprint density at radius 1 is 1.29 bits per heavy atom. The molecule has 0 aliphatic carbocycles. The molecule has 2 N–H and O–H groups in total. The molecule has 1 heterocycles. The van der Waals surface area contributed by atoms with Gasteiger partial charge in [-0.15, -0.1) is 0 Å². The number of carbonyl (C=O) groups excluding carboxylic acids is 1. The molecule has 1 saturated heterocycles. The van der Waals surface area contributed by atoms with E-state index in [0.29, 0.717) is 13.0 Å². The zero-order valence-corrected chi connectivity index (χ0v) is 12.0. The van der Waals surface area contributed by atoms with E-state index in [2.05, 4.69) is 5.32 Å². The van der Waals surface area contributed by atoms with Crippen molar-refractivity contribution in [2.24, 2.45) is 0 Å². The van der Waals surface area contributed by atoms with Crippen LogP contribution in [-0.2, 0) is 9.53 Å². The predicted molar refractivity (Wildman–Crippen MR) is 81.1 cm³/mol. The van der Waals surface area contributed by atoms with Crippen molar-refractivity contribution in [2.75, 3.05) is 13.7 Å². The van der Waals surface area contributed by atoms with E-state index < -0.39 is 12.0 Å². The summed E-state index contributed by atoms with van der Waals surface area (Å²) >= 11 is 0. The van der Waals surface area contributed by atoms with Crippen LogP contribution in [0.1, 0.15) is 17.9 Å². The summed E-state index contributed by atoms with van der Waals surface area (Å²) in [5.41, 5.74) is 0.923. The Bertz CT molecular complexity index is 655. The minimum absolute atomic E-state index is 0.0892. The third-order valence-corrected chi connectivity index (χ3v) is 4.13. The number of aliphatic hydroxyl groups is 1. The largest absolute Gasteiger partial charge is 0.469 e. The van der Waals surface area contributed by atoms with Gasteiger partial charge in [0.25, 0.3) is 0 Å². The third-order valence-electron chi connectivity index (χ3n) is 4.13. The third kappa shape index (κ3) is 2.77.